The van der Waals surface area contributed by atoms with Gasteiger partial charge < -0.3 is 4.74 Å². The number of hydrogen-bond acceptors (Lipinski definition) is 5. The van der Waals surface area contributed by atoms with Gasteiger partial charge in [0.25, 0.3) is 0 Å². The van der Waals surface area contributed by atoms with Gasteiger partial charge in [-0.05, 0) is 61.9 Å². The lowest BCUT2D eigenvalue weighted by atomic mass is 9.72. The van der Waals surface area contributed by atoms with Crippen LogP contribution in [0.25, 0.3) is 16.8 Å². The topological polar surface area (TPSA) is 55.5 Å². The van der Waals surface area contributed by atoms with Crippen molar-refractivity contribution in [2.24, 2.45) is 5.41 Å². The number of fused-ring (bicyclic) bond motifs is 1. The molecule has 0 N–H and O–H groups in total. The minimum atomic E-state index is -4.49. The normalized spacial score (nSPS) is 19.8. The molecule has 164 valence electrons. The molecule has 0 atom stereocenters. The third kappa shape index (κ3) is 4.16. The number of aromatic nitrogens is 4. The standard InChI is InChI=1S/C22H24F3N5O/c23-22(24,25)19-11-17(1-6-26-19)18-13-28-30-15-16(12-27-20(18)30)14-29-7-2-21(3-8-29)4-9-31-10-5-21/h1,6,11-13,15H,2-5,7-10,14H2. The van der Waals surface area contributed by atoms with E-state index >= 15 is 0 Å². The van der Waals surface area contributed by atoms with E-state index in [-0.39, 0.29) is 0 Å². The highest BCUT2D eigenvalue weighted by molar-refractivity contribution is 5.76. The van der Waals surface area contributed by atoms with Crippen molar-refractivity contribution in [1.29, 1.82) is 0 Å². The van der Waals surface area contributed by atoms with Crippen LogP contribution in [-0.4, -0.2) is 50.8 Å². The van der Waals surface area contributed by atoms with Gasteiger partial charge in [0.1, 0.15) is 5.69 Å². The SMILES string of the molecule is FC(F)(F)c1cc(-c2cnn3cc(CN4CCC5(CCOCC5)CC4)cnc23)ccn1. The van der Waals surface area contributed by atoms with Crippen molar-refractivity contribution in [2.75, 3.05) is 26.3 Å². The van der Waals surface area contributed by atoms with E-state index in [1.165, 1.54) is 12.8 Å². The lowest BCUT2D eigenvalue weighted by Gasteiger charge is -2.44. The maximum Gasteiger partial charge on any atom is 0.433 e. The Morgan fingerprint density at radius 3 is 2.55 bits per heavy atom. The van der Waals surface area contributed by atoms with Crippen LogP contribution in [0.15, 0.2) is 36.9 Å². The Morgan fingerprint density at radius 1 is 1.03 bits per heavy atom. The van der Waals surface area contributed by atoms with Crippen LogP contribution in [0.4, 0.5) is 13.2 Å². The fourth-order valence-corrected chi connectivity index (χ4v) is 4.70. The van der Waals surface area contributed by atoms with E-state index in [1.54, 1.807) is 23.0 Å². The zero-order valence-electron chi connectivity index (χ0n) is 17.1. The molecule has 2 aliphatic rings. The smallest absolute Gasteiger partial charge is 0.381 e. The monoisotopic (exact) mass is 431 g/mol. The average molecular weight is 431 g/mol. The molecule has 1 spiro atoms. The molecule has 5 heterocycles. The number of piperidine rings is 1. The van der Waals surface area contributed by atoms with Gasteiger partial charge in [-0.2, -0.15) is 18.3 Å². The molecule has 5 rings (SSSR count). The summed E-state index contributed by atoms with van der Waals surface area (Å²) in [5, 5.41) is 4.33. The first-order chi connectivity index (χ1) is 14.9. The number of likely N-dealkylation sites (tertiary alicyclic amines) is 1. The summed E-state index contributed by atoms with van der Waals surface area (Å²) in [6.45, 7) is 4.66. The molecule has 0 aromatic carbocycles. The highest BCUT2D eigenvalue weighted by atomic mass is 19.4. The average Bonchev–Trinajstić information content (AvgIpc) is 3.19. The summed E-state index contributed by atoms with van der Waals surface area (Å²) in [7, 11) is 0. The molecule has 0 radical (unpaired) electrons. The van der Waals surface area contributed by atoms with Crippen LogP contribution >= 0.6 is 0 Å². The van der Waals surface area contributed by atoms with Gasteiger partial charge in [-0.3, -0.25) is 9.88 Å². The molecule has 2 saturated heterocycles. The van der Waals surface area contributed by atoms with E-state index in [0.29, 0.717) is 22.2 Å². The summed E-state index contributed by atoms with van der Waals surface area (Å²) in [6.07, 6.45) is 6.65. The third-order valence-electron chi connectivity index (χ3n) is 6.65. The number of rotatable bonds is 3. The van der Waals surface area contributed by atoms with Crippen LogP contribution in [0.1, 0.15) is 36.9 Å². The van der Waals surface area contributed by atoms with Crippen molar-refractivity contribution in [1.82, 2.24) is 24.5 Å². The van der Waals surface area contributed by atoms with Crippen molar-refractivity contribution in [3.05, 3.63) is 48.2 Å². The second-order valence-corrected chi connectivity index (χ2v) is 8.60. The van der Waals surface area contributed by atoms with Crippen molar-refractivity contribution in [2.45, 2.75) is 38.4 Å². The number of alkyl halides is 3. The first-order valence-corrected chi connectivity index (χ1v) is 10.6. The molecule has 9 heteroatoms. The first kappa shape index (κ1) is 20.4. The molecular weight excluding hydrogens is 407 g/mol. The van der Waals surface area contributed by atoms with Gasteiger partial charge >= 0.3 is 6.18 Å². The number of nitrogens with zero attached hydrogens (tertiary/aromatic N) is 5. The van der Waals surface area contributed by atoms with Crippen LogP contribution in [-0.2, 0) is 17.5 Å². The zero-order valence-corrected chi connectivity index (χ0v) is 17.1. The number of pyridine rings is 1. The first-order valence-electron chi connectivity index (χ1n) is 10.6. The van der Waals surface area contributed by atoms with Gasteiger partial charge in [0, 0.05) is 49.5 Å². The molecule has 0 amide bonds. The van der Waals surface area contributed by atoms with Crippen LogP contribution in [0.5, 0.6) is 0 Å². The van der Waals surface area contributed by atoms with Crippen LogP contribution in [0, 0.1) is 5.41 Å². The highest BCUT2D eigenvalue weighted by Gasteiger charge is 2.36. The Hall–Kier alpha value is -2.52. The lowest BCUT2D eigenvalue weighted by Crippen LogP contribution is -2.42. The fraction of sp³-hybridized carbons (Fsp3) is 0.500. The predicted octanol–water partition coefficient (Wildman–Crippen LogP) is 4.20. The molecule has 6 nitrogen and oxygen atoms in total. The van der Waals surface area contributed by atoms with E-state index in [9.17, 15) is 13.2 Å². The summed E-state index contributed by atoms with van der Waals surface area (Å²) >= 11 is 0. The summed E-state index contributed by atoms with van der Waals surface area (Å²) in [5.74, 6) is 0. The van der Waals surface area contributed by atoms with Crippen molar-refractivity contribution in [3.63, 3.8) is 0 Å². The van der Waals surface area contributed by atoms with Crippen molar-refractivity contribution >= 4 is 5.65 Å². The molecule has 3 aromatic heterocycles. The summed E-state index contributed by atoms with van der Waals surface area (Å²) < 4.78 is 46.2. The van der Waals surface area contributed by atoms with Gasteiger partial charge in [-0.1, -0.05) is 0 Å². The summed E-state index contributed by atoms with van der Waals surface area (Å²) in [4.78, 5) is 10.4. The predicted molar refractivity (Wildman–Crippen MR) is 108 cm³/mol. The van der Waals surface area contributed by atoms with Gasteiger partial charge in [0.15, 0.2) is 5.65 Å². The Balaban J connectivity index is 1.31. The number of ether oxygens (including phenoxy) is 1. The van der Waals surface area contributed by atoms with Crippen molar-refractivity contribution < 1.29 is 17.9 Å². The van der Waals surface area contributed by atoms with Crippen LogP contribution < -0.4 is 0 Å². The lowest BCUT2D eigenvalue weighted by molar-refractivity contribution is -0.141. The highest BCUT2D eigenvalue weighted by Crippen LogP contribution is 2.40. The summed E-state index contributed by atoms with van der Waals surface area (Å²) in [5.41, 5.74) is 2.05. The molecule has 31 heavy (non-hydrogen) atoms. The van der Waals surface area contributed by atoms with Crippen LogP contribution in [0.2, 0.25) is 0 Å². The van der Waals surface area contributed by atoms with E-state index < -0.39 is 11.9 Å². The minimum Gasteiger partial charge on any atom is -0.381 e. The summed E-state index contributed by atoms with van der Waals surface area (Å²) in [6, 6.07) is 2.58. The molecule has 0 bridgehead atoms. The third-order valence-corrected chi connectivity index (χ3v) is 6.65. The van der Waals surface area contributed by atoms with E-state index in [4.69, 9.17) is 4.74 Å². The number of hydrogen-bond donors (Lipinski definition) is 0. The maximum atomic E-state index is 13.0. The largest absolute Gasteiger partial charge is 0.433 e. The molecule has 0 saturated carbocycles. The second kappa shape index (κ2) is 7.87. The molecule has 0 unspecified atom stereocenters. The van der Waals surface area contributed by atoms with Gasteiger partial charge in [0.05, 0.1) is 6.20 Å². The minimum absolute atomic E-state index is 0.398. The Morgan fingerprint density at radius 2 is 1.81 bits per heavy atom. The maximum absolute atomic E-state index is 13.0. The molecule has 0 aliphatic carbocycles. The van der Waals surface area contributed by atoms with Gasteiger partial charge in [-0.15, -0.1) is 0 Å². The van der Waals surface area contributed by atoms with E-state index in [0.717, 1.165) is 63.5 Å². The molecule has 2 fully saturated rings. The Kier molecular flexibility index (Phi) is 5.18. The van der Waals surface area contributed by atoms with Gasteiger partial charge in [-0.25, -0.2) is 9.50 Å². The van der Waals surface area contributed by atoms with E-state index in [2.05, 4.69) is 20.0 Å². The molecule has 2 aliphatic heterocycles. The number of halogens is 3. The molecule has 3 aromatic rings. The fourth-order valence-electron chi connectivity index (χ4n) is 4.70. The zero-order chi connectivity index (χ0) is 21.5. The van der Waals surface area contributed by atoms with Gasteiger partial charge in [0.2, 0.25) is 0 Å². The second-order valence-electron chi connectivity index (χ2n) is 8.60. The Labute approximate surface area is 178 Å². The quantitative estimate of drug-likeness (QED) is 0.622. The van der Waals surface area contributed by atoms with E-state index in [1.807, 2.05) is 6.20 Å². The molecular formula is C22H24F3N5O. The van der Waals surface area contributed by atoms with Crippen LogP contribution in [0.3, 0.4) is 0 Å². The van der Waals surface area contributed by atoms with Crippen molar-refractivity contribution in [3.8, 4) is 11.1 Å². The Bertz CT molecular complexity index is 1060.